The smallest absolute Gasteiger partial charge is 0.379 e. The van der Waals surface area contributed by atoms with E-state index in [9.17, 15) is 22.8 Å². The molecule has 4 rings (SSSR count). The van der Waals surface area contributed by atoms with E-state index in [4.69, 9.17) is 16.3 Å². The average molecular weight is 520 g/mol. The van der Waals surface area contributed by atoms with Gasteiger partial charge in [-0.2, -0.15) is 13.2 Å². The predicted octanol–water partition coefficient (Wildman–Crippen LogP) is 0.831. The molecule has 3 aliphatic heterocycles. The Labute approximate surface area is 206 Å². The highest BCUT2D eigenvalue weighted by Crippen LogP contribution is 2.35. The third-order valence-electron chi connectivity index (χ3n) is 6.68. The second kappa shape index (κ2) is 11.2. The molecule has 2 amide bonds. The molecular weight excluding hydrogens is 491 g/mol. The number of carbonyl (C=O) groups excluding carboxylic acids is 2. The number of hydrazine groups is 1. The lowest BCUT2D eigenvalue weighted by molar-refractivity contribution is -0.201. The van der Waals surface area contributed by atoms with Crippen molar-refractivity contribution in [3.63, 3.8) is 0 Å². The van der Waals surface area contributed by atoms with Crippen LogP contribution in [0.4, 0.5) is 19.1 Å². The molecular formula is C21H29ClF3N7O3. The van der Waals surface area contributed by atoms with Gasteiger partial charge in [0.15, 0.2) is 5.92 Å². The lowest BCUT2D eigenvalue weighted by atomic mass is 9.94. The van der Waals surface area contributed by atoms with Gasteiger partial charge in [0.1, 0.15) is 0 Å². The molecule has 4 heterocycles. The summed E-state index contributed by atoms with van der Waals surface area (Å²) in [7, 11) is 0. The number of ether oxygens (including phenoxy) is 1. The van der Waals surface area contributed by atoms with Gasteiger partial charge in [0.25, 0.3) is 0 Å². The summed E-state index contributed by atoms with van der Waals surface area (Å²) in [6.07, 6.45) is 0.0619. The van der Waals surface area contributed by atoms with Gasteiger partial charge in [-0.1, -0.05) is 11.6 Å². The molecule has 0 aromatic carbocycles. The number of piperazine rings is 1. The molecule has 10 nitrogen and oxygen atoms in total. The lowest BCUT2D eigenvalue weighted by Gasteiger charge is -2.40. The molecule has 14 heteroatoms. The molecule has 3 aliphatic rings. The van der Waals surface area contributed by atoms with Crippen LogP contribution in [-0.2, 0) is 14.3 Å². The summed E-state index contributed by atoms with van der Waals surface area (Å²) < 4.78 is 46.3. The van der Waals surface area contributed by atoms with E-state index in [0.29, 0.717) is 50.1 Å². The normalized spacial score (nSPS) is 26.2. The van der Waals surface area contributed by atoms with Crippen LogP contribution in [0.1, 0.15) is 19.3 Å². The fourth-order valence-electron chi connectivity index (χ4n) is 4.92. The number of nitrogens with zero attached hydrogens (tertiary/aromatic N) is 5. The molecule has 3 atom stereocenters. The Morgan fingerprint density at radius 1 is 1.17 bits per heavy atom. The number of aromatic nitrogens is 2. The van der Waals surface area contributed by atoms with Crippen molar-refractivity contribution in [2.24, 2.45) is 5.92 Å². The van der Waals surface area contributed by atoms with Crippen molar-refractivity contribution in [1.29, 1.82) is 0 Å². The fourth-order valence-corrected chi connectivity index (χ4v) is 5.02. The highest BCUT2D eigenvalue weighted by atomic mass is 35.5. The van der Waals surface area contributed by atoms with Gasteiger partial charge in [-0.25, -0.2) is 15.4 Å². The van der Waals surface area contributed by atoms with E-state index in [0.717, 1.165) is 6.42 Å². The molecule has 194 valence electrons. The number of amides is 2. The summed E-state index contributed by atoms with van der Waals surface area (Å²) in [5.74, 6) is -2.60. The van der Waals surface area contributed by atoms with E-state index >= 15 is 0 Å². The van der Waals surface area contributed by atoms with Crippen LogP contribution in [0.3, 0.4) is 0 Å². The van der Waals surface area contributed by atoms with E-state index in [1.54, 1.807) is 9.80 Å². The molecule has 0 saturated carbocycles. The van der Waals surface area contributed by atoms with Crippen LogP contribution in [0.2, 0.25) is 5.02 Å². The Morgan fingerprint density at radius 2 is 1.89 bits per heavy atom. The lowest BCUT2D eigenvalue weighted by Crippen LogP contribution is -2.65. The van der Waals surface area contributed by atoms with E-state index in [1.165, 1.54) is 12.4 Å². The average Bonchev–Trinajstić information content (AvgIpc) is 3.30. The van der Waals surface area contributed by atoms with Crippen molar-refractivity contribution in [2.75, 3.05) is 57.4 Å². The molecule has 0 spiro atoms. The van der Waals surface area contributed by atoms with Gasteiger partial charge < -0.3 is 14.5 Å². The first-order chi connectivity index (χ1) is 16.7. The fraction of sp³-hybridized carbons (Fsp3) is 0.714. The molecule has 35 heavy (non-hydrogen) atoms. The van der Waals surface area contributed by atoms with Gasteiger partial charge in [-0.15, -0.1) is 0 Å². The first kappa shape index (κ1) is 25.9. The second-order valence-corrected chi connectivity index (χ2v) is 9.32. The van der Waals surface area contributed by atoms with Gasteiger partial charge in [-0.05, 0) is 19.4 Å². The van der Waals surface area contributed by atoms with Gasteiger partial charge in [-0.3, -0.25) is 19.9 Å². The van der Waals surface area contributed by atoms with Crippen LogP contribution in [0.5, 0.6) is 0 Å². The quantitative estimate of drug-likeness (QED) is 0.511. The Balaban J connectivity index is 1.20. The Kier molecular flexibility index (Phi) is 8.30. The molecule has 0 radical (unpaired) electrons. The van der Waals surface area contributed by atoms with Crippen molar-refractivity contribution in [3.05, 3.63) is 17.4 Å². The molecule has 0 aliphatic carbocycles. The van der Waals surface area contributed by atoms with Crippen molar-refractivity contribution in [1.82, 2.24) is 30.6 Å². The number of nitrogens with one attached hydrogen (secondary N) is 2. The Morgan fingerprint density at radius 3 is 2.57 bits per heavy atom. The van der Waals surface area contributed by atoms with Crippen molar-refractivity contribution in [3.8, 4) is 0 Å². The minimum atomic E-state index is -4.62. The highest BCUT2D eigenvalue weighted by Gasteiger charge is 2.54. The predicted molar refractivity (Wildman–Crippen MR) is 120 cm³/mol. The first-order valence-corrected chi connectivity index (χ1v) is 12.0. The largest absolute Gasteiger partial charge is 0.402 e. The zero-order valence-electron chi connectivity index (χ0n) is 19.1. The SMILES string of the molecule is O=C1NNCC(N2CCC[C@H]2COCCC(=O)N2CCN(c3ncc(Cl)cn3)CC2)C1C(F)(F)F. The minimum Gasteiger partial charge on any atom is -0.379 e. The molecule has 3 fully saturated rings. The van der Waals surface area contributed by atoms with Crippen molar-refractivity contribution < 1.29 is 27.5 Å². The van der Waals surface area contributed by atoms with E-state index in [2.05, 4.69) is 20.8 Å². The van der Waals surface area contributed by atoms with Crippen LogP contribution in [0.25, 0.3) is 0 Å². The highest BCUT2D eigenvalue weighted by molar-refractivity contribution is 6.30. The third-order valence-corrected chi connectivity index (χ3v) is 6.88. The Hall–Kier alpha value is -2.22. The number of carbonyl (C=O) groups is 2. The van der Waals surface area contributed by atoms with Crippen LogP contribution in [-0.4, -0.2) is 102 Å². The summed E-state index contributed by atoms with van der Waals surface area (Å²) in [5, 5.41) is 0.462. The topological polar surface area (TPSA) is 103 Å². The summed E-state index contributed by atoms with van der Waals surface area (Å²) in [5.41, 5.74) is 4.66. The number of anilines is 1. The minimum absolute atomic E-state index is 0.0118. The third kappa shape index (κ3) is 6.32. The zero-order chi connectivity index (χ0) is 25.0. The van der Waals surface area contributed by atoms with E-state index < -0.39 is 24.0 Å². The monoisotopic (exact) mass is 519 g/mol. The van der Waals surface area contributed by atoms with Crippen LogP contribution >= 0.6 is 11.6 Å². The summed E-state index contributed by atoms with van der Waals surface area (Å²) in [6.45, 7) is 3.18. The number of halogens is 4. The van der Waals surface area contributed by atoms with Gasteiger partial charge in [0, 0.05) is 44.8 Å². The van der Waals surface area contributed by atoms with Gasteiger partial charge >= 0.3 is 6.18 Å². The number of likely N-dealkylation sites (tertiary alicyclic amines) is 1. The van der Waals surface area contributed by atoms with Crippen molar-refractivity contribution >= 4 is 29.4 Å². The van der Waals surface area contributed by atoms with Crippen LogP contribution in [0, 0.1) is 5.92 Å². The summed E-state index contributed by atoms with van der Waals surface area (Å²) >= 11 is 5.82. The standard InChI is InChI=1S/C21H29ClF3N7O3/c22-14-10-26-20(27-11-14)31-7-5-30(6-8-31)17(33)3-9-35-13-15-2-1-4-32(15)16-12-28-29-19(34)18(16)21(23,24)25/h10-11,15-16,18,28H,1-9,12-13H2,(H,29,34)/t15-,16?,18?/m0/s1. The molecule has 3 saturated heterocycles. The number of alkyl halides is 3. The molecule has 0 bridgehead atoms. The van der Waals surface area contributed by atoms with Gasteiger partial charge in [0.05, 0.1) is 37.1 Å². The van der Waals surface area contributed by atoms with Crippen molar-refractivity contribution in [2.45, 2.75) is 37.5 Å². The number of hydrogen-bond donors (Lipinski definition) is 2. The number of hydrogen-bond acceptors (Lipinski definition) is 8. The maximum atomic E-state index is 13.5. The maximum Gasteiger partial charge on any atom is 0.402 e. The van der Waals surface area contributed by atoms with Gasteiger partial charge in [0.2, 0.25) is 17.8 Å². The Bertz CT molecular complexity index is 884. The number of rotatable bonds is 7. The zero-order valence-corrected chi connectivity index (χ0v) is 19.9. The van der Waals surface area contributed by atoms with Crippen LogP contribution in [0.15, 0.2) is 12.4 Å². The van der Waals surface area contributed by atoms with E-state index in [1.807, 2.05) is 4.90 Å². The molecule has 2 N–H and O–H groups in total. The van der Waals surface area contributed by atoms with E-state index in [-0.39, 0.29) is 38.1 Å². The van der Waals surface area contributed by atoms with Crippen LogP contribution < -0.4 is 15.8 Å². The second-order valence-electron chi connectivity index (χ2n) is 8.88. The maximum absolute atomic E-state index is 13.5. The summed E-state index contributed by atoms with van der Waals surface area (Å²) in [4.78, 5) is 38.4. The summed E-state index contributed by atoms with van der Waals surface area (Å²) in [6, 6.07) is -1.21. The molecule has 1 aromatic rings. The first-order valence-electron chi connectivity index (χ1n) is 11.7. The molecule has 1 aromatic heterocycles. The molecule has 2 unspecified atom stereocenters.